The molecular weight excluding hydrogens is 366 g/mol. The minimum atomic E-state index is -0.827. The maximum absolute atomic E-state index is 12.0. The van der Waals surface area contributed by atoms with Gasteiger partial charge in [-0.3, -0.25) is 0 Å². The van der Waals surface area contributed by atoms with Crippen LogP contribution in [-0.4, -0.2) is 36.1 Å². The summed E-state index contributed by atoms with van der Waals surface area (Å²) in [6.45, 7) is 10.5. The molecular formula is C24H33NO2S. The third kappa shape index (κ3) is 5.07. The second-order valence-corrected chi connectivity index (χ2v) is 10.7. The Morgan fingerprint density at radius 1 is 1.25 bits per heavy atom. The zero-order valence-corrected chi connectivity index (χ0v) is 18.7. The van der Waals surface area contributed by atoms with Gasteiger partial charge < -0.3 is 10.0 Å². The van der Waals surface area contributed by atoms with Gasteiger partial charge in [0.15, 0.2) is 0 Å². The van der Waals surface area contributed by atoms with Gasteiger partial charge in [-0.15, -0.1) is 11.3 Å². The van der Waals surface area contributed by atoms with E-state index in [2.05, 4.69) is 51.5 Å². The fourth-order valence-corrected chi connectivity index (χ4v) is 5.18. The van der Waals surface area contributed by atoms with Crippen molar-refractivity contribution in [2.75, 3.05) is 20.1 Å². The number of carbonyl (C=O) groups is 1. The van der Waals surface area contributed by atoms with Crippen LogP contribution in [-0.2, 0) is 0 Å². The van der Waals surface area contributed by atoms with Gasteiger partial charge in [0.1, 0.15) is 4.88 Å². The highest BCUT2D eigenvalue weighted by molar-refractivity contribution is 7.14. The largest absolute Gasteiger partial charge is 0.477 e. The summed E-state index contributed by atoms with van der Waals surface area (Å²) < 4.78 is 0. The molecule has 3 nitrogen and oxygen atoms in total. The Bertz CT molecular complexity index is 823. The monoisotopic (exact) mass is 399 g/mol. The molecule has 0 saturated heterocycles. The van der Waals surface area contributed by atoms with Crippen molar-refractivity contribution >= 4 is 22.9 Å². The molecule has 0 unspecified atom stereocenters. The first kappa shape index (κ1) is 21.1. The average Bonchev–Trinajstić information content (AvgIpc) is 3.04. The third-order valence-electron chi connectivity index (χ3n) is 5.89. The molecule has 0 aromatic carbocycles. The van der Waals surface area contributed by atoms with Gasteiger partial charge in [-0.25, -0.2) is 4.79 Å². The fourth-order valence-electron chi connectivity index (χ4n) is 4.30. The van der Waals surface area contributed by atoms with Crippen molar-refractivity contribution in [3.05, 3.63) is 27.0 Å². The van der Waals surface area contributed by atoms with Gasteiger partial charge in [-0.2, -0.15) is 0 Å². The number of aromatic carboxylic acids is 1. The molecule has 1 saturated carbocycles. The Hall–Kier alpha value is -1.57. The molecule has 2 aliphatic rings. The Morgan fingerprint density at radius 2 is 1.93 bits per heavy atom. The van der Waals surface area contributed by atoms with E-state index in [9.17, 15) is 9.90 Å². The van der Waals surface area contributed by atoms with Crippen molar-refractivity contribution in [2.24, 2.45) is 17.3 Å². The van der Waals surface area contributed by atoms with Gasteiger partial charge in [0.2, 0.25) is 0 Å². The van der Waals surface area contributed by atoms with E-state index in [1.54, 1.807) is 0 Å². The minimum Gasteiger partial charge on any atom is -0.477 e. The topological polar surface area (TPSA) is 40.5 Å². The van der Waals surface area contributed by atoms with Crippen LogP contribution < -0.4 is 0 Å². The number of rotatable bonds is 3. The number of carboxylic acid groups (broad SMARTS) is 1. The SMILES string of the molecule is CN1CCC(c2cc(C#CC(C)(C)C)sc2C(=O)O)=C([C@H]2CC[C@H](C)CC2)C1. The van der Waals surface area contributed by atoms with Gasteiger partial charge in [0, 0.05) is 24.1 Å². The molecule has 0 atom stereocenters. The van der Waals surface area contributed by atoms with E-state index >= 15 is 0 Å². The first-order chi connectivity index (χ1) is 13.1. The molecule has 1 aliphatic heterocycles. The zero-order valence-electron chi connectivity index (χ0n) is 17.9. The van der Waals surface area contributed by atoms with E-state index in [1.807, 2.05) is 6.07 Å². The molecule has 0 bridgehead atoms. The highest BCUT2D eigenvalue weighted by atomic mass is 32.1. The van der Waals surface area contributed by atoms with Crippen molar-refractivity contribution in [1.29, 1.82) is 0 Å². The van der Waals surface area contributed by atoms with Crippen LogP contribution in [0.15, 0.2) is 11.6 Å². The molecule has 0 amide bonds. The Balaban J connectivity index is 2.04. The van der Waals surface area contributed by atoms with Crippen LogP contribution in [0.2, 0.25) is 0 Å². The highest BCUT2D eigenvalue weighted by Gasteiger charge is 2.30. The predicted molar refractivity (Wildman–Crippen MR) is 118 cm³/mol. The summed E-state index contributed by atoms with van der Waals surface area (Å²) >= 11 is 1.33. The van der Waals surface area contributed by atoms with E-state index < -0.39 is 5.97 Å². The van der Waals surface area contributed by atoms with Gasteiger partial charge in [0.05, 0.1) is 4.88 Å². The lowest BCUT2D eigenvalue weighted by Gasteiger charge is -2.35. The quantitative estimate of drug-likeness (QED) is 0.657. The molecule has 4 heteroatoms. The third-order valence-corrected chi connectivity index (χ3v) is 6.93. The van der Waals surface area contributed by atoms with E-state index in [4.69, 9.17) is 0 Å². The van der Waals surface area contributed by atoms with Crippen molar-refractivity contribution in [3.63, 3.8) is 0 Å². The fraction of sp³-hybridized carbons (Fsp3) is 0.625. The highest BCUT2D eigenvalue weighted by Crippen LogP contribution is 2.41. The van der Waals surface area contributed by atoms with Gasteiger partial charge >= 0.3 is 5.97 Å². The number of likely N-dealkylation sites (N-methyl/N-ethyl adjacent to an activating group) is 1. The maximum Gasteiger partial charge on any atom is 0.346 e. The van der Waals surface area contributed by atoms with Crippen LogP contribution in [0.5, 0.6) is 0 Å². The molecule has 0 radical (unpaired) electrons. The Kier molecular flexibility index (Phi) is 6.37. The number of carboxylic acids is 1. The summed E-state index contributed by atoms with van der Waals surface area (Å²) in [6, 6.07) is 2.04. The Morgan fingerprint density at radius 3 is 2.54 bits per heavy atom. The molecule has 2 heterocycles. The Labute approximate surface area is 173 Å². The normalized spacial score (nSPS) is 24.0. The predicted octanol–water partition coefficient (Wildman–Crippen LogP) is 5.76. The molecule has 1 aliphatic carbocycles. The van der Waals surface area contributed by atoms with Crippen molar-refractivity contribution in [2.45, 2.75) is 59.8 Å². The van der Waals surface area contributed by atoms with E-state index in [-0.39, 0.29) is 5.41 Å². The summed E-state index contributed by atoms with van der Waals surface area (Å²) in [5.74, 6) is 7.06. The van der Waals surface area contributed by atoms with Gasteiger partial charge in [0.25, 0.3) is 0 Å². The first-order valence-corrected chi connectivity index (χ1v) is 11.3. The number of hydrogen-bond donors (Lipinski definition) is 1. The van der Waals surface area contributed by atoms with E-state index in [1.165, 1.54) is 48.2 Å². The van der Waals surface area contributed by atoms with Crippen LogP contribution >= 0.6 is 11.3 Å². The second-order valence-electron chi connectivity index (χ2n) is 9.61. The number of thiophene rings is 1. The minimum absolute atomic E-state index is 0.0929. The van der Waals surface area contributed by atoms with Crippen LogP contribution in [0.25, 0.3) is 5.57 Å². The van der Waals surface area contributed by atoms with E-state index in [0.29, 0.717) is 10.8 Å². The molecule has 28 heavy (non-hydrogen) atoms. The smallest absolute Gasteiger partial charge is 0.346 e. The summed E-state index contributed by atoms with van der Waals surface area (Å²) in [7, 11) is 2.17. The van der Waals surface area contributed by atoms with Crippen LogP contribution in [0.1, 0.15) is 79.9 Å². The molecule has 1 aromatic rings. The molecule has 1 aromatic heterocycles. The lowest BCUT2D eigenvalue weighted by Crippen LogP contribution is -2.31. The molecule has 0 spiro atoms. The van der Waals surface area contributed by atoms with E-state index in [0.717, 1.165) is 35.9 Å². The van der Waals surface area contributed by atoms with Crippen LogP contribution in [0, 0.1) is 29.1 Å². The van der Waals surface area contributed by atoms with Crippen LogP contribution in [0.4, 0.5) is 0 Å². The number of hydrogen-bond acceptors (Lipinski definition) is 3. The first-order valence-electron chi connectivity index (χ1n) is 10.4. The van der Waals surface area contributed by atoms with Gasteiger partial charge in [-0.05, 0) is 76.1 Å². The summed E-state index contributed by atoms with van der Waals surface area (Å²) in [4.78, 5) is 15.7. The standard InChI is InChI=1S/C24H33NO2S/c1-16-6-8-17(9-7-16)21-15-25(5)13-11-19(21)20-14-18(10-12-24(2,3)4)28-22(20)23(26)27/h14,16-17H,6-9,11,13,15H2,1-5H3,(H,26,27)/t16-,17-. The lowest BCUT2D eigenvalue weighted by atomic mass is 9.75. The second kappa shape index (κ2) is 8.43. The number of nitrogens with zero attached hydrogens (tertiary/aromatic N) is 1. The molecule has 152 valence electrons. The average molecular weight is 400 g/mol. The van der Waals surface area contributed by atoms with Crippen molar-refractivity contribution in [1.82, 2.24) is 4.90 Å². The molecule has 1 fully saturated rings. The summed E-state index contributed by atoms with van der Waals surface area (Å²) in [5.41, 5.74) is 3.61. The summed E-state index contributed by atoms with van der Waals surface area (Å²) in [5, 5.41) is 9.85. The van der Waals surface area contributed by atoms with Crippen molar-refractivity contribution in [3.8, 4) is 11.8 Å². The summed E-state index contributed by atoms with van der Waals surface area (Å²) in [6.07, 6.45) is 5.96. The zero-order chi connectivity index (χ0) is 20.5. The maximum atomic E-state index is 12.0. The molecule has 3 rings (SSSR count). The van der Waals surface area contributed by atoms with Gasteiger partial charge in [-0.1, -0.05) is 31.6 Å². The van der Waals surface area contributed by atoms with Crippen molar-refractivity contribution < 1.29 is 9.90 Å². The molecule has 1 N–H and O–H groups in total. The van der Waals surface area contributed by atoms with Crippen LogP contribution in [0.3, 0.4) is 0 Å². The lowest BCUT2D eigenvalue weighted by molar-refractivity contribution is 0.0702.